The Kier molecular flexibility index (Phi) is 5.85. The van der Waals surface area contributed by atoms with Crippen molar-refractivity contribution in [1.29, 1.82) is 0 Å². The fourth-order valence-electron chi connectivity index (χ4n) is 2.38. The third-order valence-electron chi connectivity index (χ3n) is 3.67. The first-order valence-corrected chi connectivity index (χ1v) is 8.89. The fraction of sp³-hybridized carbons (Fsp3) is 0.222. The van der Waals surface area contributed by atoms with E-state index in [1.54, 1.807) is 68.0 Å². The van der Waals surface area contributed by atoms with Crippen LogP contribution in [0.1, 0.15) is 5.69 Å². The van der Waals surface area contributed by atoms with E-state index in [9.17, 15) is 4.79 Å². The van der Waals surface area contributed by atoms with Gasteiger partial charge in [0.25, 0.3) is 5.56 Å². The Morgan fingerprint density at radius 3 is 2.65 bits per heavy atom. The van der Waals surface area contributed by atoms with Gasteiger partial charge in [-0.1, -0.05) is 0 Å². The van der Waals surface area contributed by atoms with Crippen LogP contribution in [0.4, 0.5) is 0 Å². The van der Waals surface area contributed by atoms with Crippen molar-refractivity contribution in [2.75, 3.05) is 20.0 Å². The number of ether oxygens (including phenoxy) is 2. The molecule has 26 heavy (non-hydrogen) atoms. The van der Waals surface area contributed by atoms with Gasteiger partial charge in [0.2, 0.25) is 0 Å². The normalized spacial score (nSPS) is 10.5. The van der Waals surface area contributed by atoms with E-state index in [1.807, 2.05) is 0 Å². The Balaban J connectivity index is 1.80. The van der Waals surface area contributed by atoms with Crippen LogP contribution in [0, 0.1) is 0 Å². The number of nitrogens with zero attached hydrogens (tertiary/aromatic N) is 4. The molecule has 2 aromatic heterocycles. The molecule has 0 amide bonds. The number of methoxy groups -OCH3 is 2. The lowest BCUT2D eigenvalue weighted by Gasteiger charge is -2.11. The van der Waals surface area contributed by atoms with Gasteiger partial charge in [0.1, 0.15) is 0 Å². The minimum Gasteiger partial charge on any atom is -0.493 e. The lowest BCUT2D eigenvalue weighted by Crippen LogP contribution is -2.20. The second-order valence-electron chi connectivity index (χ2n) is 5.24. The molecule has 0 radical (unpaired) electrons. The van der Waals surface area contributed by atoms with E-state index >= 15 is 0 Å². The largest absolute Gasteiger partial charge is 0.493 e. The van der Waals surface area contributed by atoms with Crippen molar-refractivity contribution < 1.29 is 9.47 Å². The summed E-state index contributed by atoms with van der Waals surface area (Å²) in [5.74, 6) is 1.86. The van der Waals surface area contributed by atoms with Crippen molar-refractivity contribution in [3.05, 3.63) is 65.2 Å². The van der Waals surface area contributed by atoms with Crippen molar-refractivity contribution in [2.24, 2.45) is 0 Å². The average molecular weight is 370 g/mol. The molecule has 0 aliphatic rings. The smallest absolute Gasteiger partial charge is 0.287 e. The van der Waals surface area contributed by atoms with E-state index in [0.717, 1.165) is 5.69 Å². The molecule has 0 bridgehead atoms. The van der Waals surface area contributed by atoms with Crippen LogP contribution >= 0.6 is 11.8 Å². The molecule has 1 aromatic carbocycles. The highest BCUT2D eigenvalue weighted by molar-refractivity contribution is 7.99. The maximum atomic E-state index is 12.7. The van der Waals surface area contributed by atoms with Gasteiger partial charge in [-0.15, -0.1) is 11.8 Å². The number of thioether (sulfide) groups is 1. The van der Waals surface area contributed by atoms with Gasteiger partial charge in [-0.05, 0) is 12.1 Å². The van der Waals surface area contributed by atoms with Crippen LogP contribution < -0.4 is 15.0 Å². The van der Waals surface area contributed by atoms with Crippen molar-refractivity contribution in [1.82, 2.24) is 19.5 Å². The first kappa shape index (κ1) is 17.9. The van der Waals surface area contributed by atoms with Gasteiger partial charge >= 0.3 is 0 Å². The van der Waals surface area contributed by atoms with Gasteiger partial charge in [0.05, 0.1) is 25.6 Å². The van der Waals surface area contributed by atoms with Gasteiger partial charge in [0.15, 0.2) is 16.5 Å². The monoisotopic (exact) mass is 370 g/mol. The topological polar surface area (TPSA) is 79.1 Å². The minimum atomic E-state index is -0.177. The van der Waals surface area contributed by atoms with Crippen molar-refractivity contribution in [2.45, 2.75) is 11.4 Å². The SMILES string of the molecule is COc1ccc(-n2ccnc(SCCc3cnccn3)c2=O)cc1OC. The lowest BCUT2D eigenvalue weighted by atomic mass is 10.2. The zero-order chi connectivity index (χ0) is 18.4. The highest BCUT2D eigenvalue weighted by Crippen LogP contribution is 2.28. The first-order chi connectivity index (χ1) is 12.7. The summed E-state index contributed by atoms with van der Waals surface area (Å²) in [5, 5.41) is 0.436. The van der Waals surface area contributed by atoms with Gasteiger partial charge in [-0.2, -0.15) is 0 Å². The number of hydrogen-bond acceptors (Lipinski definition) is 7. The molecule has 0 atom stereocenters. The van der Waals surface area contributed by atoms with Crippen LogP contribution in [0.3, 0.4) is 0 Å². The third kappa shape index (κ3) is 4.02. The number of benzene rings is 1. The molecule has 0 N–H and O–H groups in total. The van der Waals surface area contributed by atoms with Crippen LogP contribution in [-0.2, 0) is 6.42 Å². The van der Waals surface area contributed by atoms with Crippen molar-refractivity contribution >= 4 is 11.8 Å². The standard InChI is InChI=1S/C18H18N4O3S/c1-24-15-4-3-14(11-16(15)25-2)22-9-8-21-17(18(22)23)26-10-5-13-12-19-6-7-20-13/h3-4,6-9,11-12H,5,10H2,1-2H3. The van der Waals surface area contributed by atoms with E-state index in [2.05, 4.69) is 15.0 Å². The molecule has 0 aliphatic carbocycles. The zero-order valence-corrected chi connectivity index (χ0v) is 15.3. The molecule has 8 heteroatoms. The zero-order valence-electron chi connectivity index (χ0n) is 14.5. The summed E-state index contributed by atoms with van der Waals surface area (Å²) in [7, 11) is 3.13. The number of hydrogen-bond donors (Lipinski definition) is 0. The maximum absolute atomic E-state index is 12.7. The molecular formula is C18H18N4O3S. The van der Waals surface area contributed by atoms with E-state index in [-0.39, 0.29) is 5.56 Å². The summed E-state index contributed by atoms with van der Waals surface area (Å²) in [5.41, 5.74) is 1.39. The molecule has 3 rings (SSSR count). The average Bonchev–Trinajstić information content (AvgIpc) is 2.69. The molecule has 0 saturated carbocycles. The highest BCUT2D eigenvalue weighted by atomic mass is 32.2. The van der Waals surface area contributed by atoms with Gasteiger partial charge in [0, 0.05) is 49.2 Å². The summed E-state index contributed by atoms with van der Waals surface area (Å²) < 4.78 is 12.1. The summed E-state index contributed by atoms with van der Waals surface area (Å²) in [6.45, 7) is 0. The Morgan fingerprint density at radius 1 is 1.08 bits per heavy atom. The van der Waals surface area contributed by atoms with Gasteiger partial charge < -0.3 is 9.47 Å². The molecule has 0 saturated heterocycles. The molecule has 134 valence electrons. The molecular weight excluding hydrogens is 352 g/mol. The Morgan fingerprint density at radius 2 is 1.92 bits per heavy atom. The molecule has 0 aliphatic heterocycles. The molecule has 0 unspecified atom stereocenters. The van der Waals surface area contributed by atoms with Crippen LogP contribution in [0.5, 0.6) is 11.5 Å². The number of aromatic nitrogens is 4. The molecule has 0 spiro atoms. The van der Waals surface area contributed by atoms with Crippen LogP contribution in [0.2, 0.25) is 0 Å². The Hall–Kier alpha value is -2.87. The predicted molar refractivity (Wildman–Crippen MR) is 99.4 cm³/mol. The molecule has 0 fully saturated rings. The number of aryl methyl sites for hydroxylation is 1. The second kappa shape index (κ2) is 8.48. The minimum absolute atomic E-state index is 0.177. The van der Waals surface area contributed by atoms with Crippen molar-refractivity contribution in [3.63, 3.8) is 0 Å². The first-order valence-electron chi connectivity index (χ1n) is 7.90. The second-order valence-corrected chi connectivity index (χ2v) is 6.33. The molecule has 3 aromatic rings. The Bertz CT molecular complexity index is 931. The quantitative estimate of drug-likeness (QED) is 0.591. The van der Waals surface area contributed by atoms with Gasteiger partial charge in [-0.3, -0.25) is 19.3 Å². The molecule has 7 nitrogen and oxygen atoms in total. The summed E-state index contributed by atoms with van der Waals surface area (Å²) in [6, 6.07) is 5.33. The predicted octanol–water partition coefficient (Wildman–Crippen LogP) is 2.37. The van der Waals surface area contributed by atoms with E-state index in [4.69, 9.17) is 9.47 Å². The lowest BCUT2D eigenvalue weighted by molar-refractivity contribution is 0.355. The van der Waals surface area contributed by atoms with Crippen molar-refractivity contribution in [3.8, 4) is 17.2 Å². The van der Waals surface area contributed by atoms with E-state index in [1.165, 1.54) is 11.8 Å². The molecule has 2 heterocycles. The van der Waals surface area contributed by atoms with Gasteiger partial charge in [-0.25, -0.2) is 4.98 Å². The summed E-state index contributed by atoms with van der Waals surface area (Å²) in [4.78, 5) is 25.2. The third-order valence-corrected chi connectivity index (χ3v) is 4.63. The summed E-state index contributed by atoms with van der Waals surface area (Å²) >= 11 is 1.40. The highest BCUT2D eigenvalue weighted by Gasteiger charge is 2.10. The van der Waals surface area contributed by atoms with Crippen LogP contribution in [0.25, 0.3) is 5.69 Å². The van der Waals surface area contributed by atoms with E-state index in [0.29, 0.717) is 34.4 Å². The van der Waals surface area contributed by atoms with Crippen LogP contribution in [-0.4, -0.2) is 39.5 Å². The maximum Gasteiger partial charge on any atom is 0.287 e. The number of rotatable bonds is 7. The van der Waals surface area contributed by atoms with Crippen LogP contribution in [0.15, 0.2) is 59.0 Å². The summed E-state index contributed by atoms with van der Waals surface area (Å²) in [6.07, 6.45) is 8.98. The van der Waals surface area contributed by atoms with E-state index < -0.39 is 0 Å². The Labute approximate surface area is 155 Å². The fourth-order valence-corrected chi connectivity index (χ4v) is 3.24.